The summed E-state index contributed by atoms with van der Waals surface area (Å²) in [6.45, 7) is 5.41. The molecule has 1 unspecified atom stereocenters. The molecule has 1 aliphatic rings. The molecule has 2 aromatic rings. The number of alkyl halides is 3. The zero-order valence-corrected chi connectivity index (χ0v) is 14.1. The smallest absolute Gasteiger partial charge is 0.376 e. The second-order valence-electron chi connectivity index (χ2n) is 5.94. The number of nitrogens with one attached hydrogen (secondary N) is 1. The van der Waals surface area contributed by atoms with E-state index in [0.717, 1.165) is 24.6 Å². The Balaban J connectivity index is 1.93. The Hall–Kier alpha value is -2.16. The van der Waals surface area contributed by atoms with Gasteiger partial charge >= 0.3 is 6.18 Å². The van der Waals surface area contributed by atoms with Crippen LogP contribution in [-0.4, -0.2) is 39.0 Å². The molecule has 1 N–H and O–H groups in total. The fourth-order valence-electron chi connectivity index (χ4n) is 2.84. The summed E-state index contributed by atoms with van der Waals surface area (Å²) in [5, 5.41) is 7.05. The van der Waals surface area contributed by atoms with E-state index >= 15 is 0 Å². The van der Waals surface area contributed by atoms with Gasteiger partial charge in [-0.25, -0.2) is 9.97 Å². The maximum atomic E-state index is 13.2. The van der Waals surface area contributed by atoms with Crippen LogP contribution in [0.4, 0.5) is 19.1 Å². The molecule has 3 rings (SSSR count). The first-order valence-corrected chi connectivity index (χ1v) is 8.23. The van der Waals surface area contributed by atoms with Crippen LogP contribution in [0.15, 0.2) is 12.3 Å². The fourth-order valence-corrected chi connectivity index (χ4v) is 2.84. The Labute approximate surface area is 143 Å². The van der Waals surface area contributed by atoms with Crippen molar-refractivity contribution in [3.63, 3.8) is 0 Å². The molecule has 136 valence electrons. The minimum Gasteiger partial charge on any atom is -0.376 e. The highest BCUT2D eigenvalue weighted by molar-refractivity contribution is 5.62. The van der Waals surface area contributed by atoms with E-state index in [-0.39, 0.29) is 17.7 Å². The van der Waals surface area contributed by atoms with Crippen molar-refractivity contribution >= 4 is 5.95 Å². The van der Waals surface area contributed by atoms with Crippen LogP contribution in [0, 0.1) is 6.92 Å². The van der Waals surface area contributed by atoms with Crippen LogP contribution < -0.4 is 5.32 Å². The molecule has 1 fully saturated rings. The summed E-state index contributed by atoms with van der Waals surface area (Å²) in [6, 6.07) is 0.960. The van der Waals surface area contributed by atoms with E-state index in [0.29, 0.717) is 25.3 Å². The summed E-state index contributed by atoms with van der Waals surface area (Å²) < 4.78 is 46.8. The monoisotopic (exact) mass is 355 g/mol. The molecule has 0 spiro atoms. The van der Waals surface area contributed by atoms with Gasteiger partial charge in [0.15, 0.2) is 5.69 Å². The standard InChI is InChI=1S/C16H20F3N5O/c1-3-24-10(2)12(9-21-24)13-7-14(16(17,18)19)23-15(22-13)20-8-11-5-4-6-25-11/h7,9,11H,3-6,8H2,1-2H3,(H,20,22,23). The number of hydrogen-bond acceptors (Lipinski definition) is 5. The SMILES string of the molecule is CCn1ncc(-c2cc(C(F)(F)F)nc(NCC3CCCO3)n2)c1C. The number of halogens is 3. The van der Waals surface area contributed by atoms with Gasteiger partial charge in [-0.2, -0.15) is 18.3 Å². The Morgan fingerprint density at radius 1 is 1.36 bits per heavy atom. The number of anilines is 1. The lowest BCUT2D eigenvalue weighted by atomic mass is 10.1. The minimum atomic E-state index is -4.55. The van der Waals surface area contributed by atoms with Gasteiger partial charge in [-0.1, -0.05) is 0 Å². The van der Waals surface area contributed by atoms with E-state index < -0.39 is 11.9 Å². The molecule has 1 atom stereocenters. The predicted molar refractivity (Wildman–Crippen MR) is 86.1 cm³/mol. The van der Waals surface area contributed by atoms with Gasteiger partial charge in [-0.3, -0.25) is 4.68 Å². The molecular weight excluding hydrogens is 335 g/mol. The molecule has 0 aliphatic carbocycles. The molecule has 0 bridgehead atoms. The predicted octanol–water partition coefficient (Wildman–Crippen LogP) is 3.28. The van der Waals surface area contributed by atoms with Crippen molar-refractivity contribution < 1.29 is 17.9 Å². The Kier molecular flexibility index (Phi) is 4.94. The van der Waals surface area contributed by atoms with E-state index in [9.17, 15) is 13.2 Å². The number of ether oxygens (including phenoxy) is 1. The number of hydrogen-bond donors (Lipinski definition) is 1. The molecule has 0 amide bonds. The van der Waals surface area contributed by atoms with Crippen molar-refractivity contribution in [2.24, 2.45) is 0 Å². The summed E-state index contributed by atoms with van der Waals surface area (Å²) >= 11 is 0. The Morgan fingerprint density at radius 2 is 2.16 bits per heavy atom. The van der Waals surface area contributed by atoms with Crippen LogP contribution >= 0.6 is 0 Å². The summed E-state index contributed by atoms with van der Waals surface area (Å²) in [6.07, 6.45) is -1.21. The highest BCUT2D eigenvalue weighted by Crippen LogP contribution is 2.32. The van der Waals surface area contributed by atoms with Gasteiger partial charge in [-0.05, 0) is 32.8 Å². The van der Waals surface area contributed by atoms with E-state index in [4.69, 9.17) is 4.74 Å². The lowest BCUT2D eigenvalue weighted by Crippen LogP contribution is -2.21. The van der Waals surface area contributed by atoms with Crippen molar-refractivity contribution in [1.82, 2.24) is 19.7 Å². The van der Waals surface area contributed by atoms with Gasteiger partial charge in [0.25, 0.3) is 0 Å². The van der Waals surface area contributed by atoms with Crippen LogP contribution in [0.25, 0.3) is 11.3 Å². The molecule has 0 saturated carbocycles. The second-order valence-corrected chi connectivity index (χ2v) is 5.94. The average molecular weight is 355 g/mol. The van der Waals surface area contributed by atoms with Gasteiger partial charge in [0.05, 0.1) is 18.0 Å². The van der Waals surface area contributed by atoms with Crippen molar-refractivity contribution in [2.45, 2.75) is 45.5 Å². The van der Waals surface area contributed by atoms with Crippen LogP contribution in [0.3, 0.4) is 0 Å². The van der Waals surface area contributed by atoms with Crippen LogP contribution in [-0.2, 0) is 17.5 Å². The van der Waals surface area contributed by atoms with Gasteiger partial charge in [0, 0.05) is 31.0 Å². The number of nitrogens with zero attached hydrogens (tertiary/aromatic N) is 4. The first-order chi connectivity index (χ1) is 11.9. The van der Waals surface area contributed by atoms with E-state index in [1.54, 1.807) is 11.6 Å². The number of rotatable bonds is 5. The molecular formula is C16H20F3N5O. The fraction of sp³-hybridized carbons (Fsp3) is 0.562. The largest absolute Gasteiger partial charge is 0.433 e. The van der Waals surface area contributed by atoms with E-state index in [2.05, 4.69) is 20.4 Å². The van der Waals surface area contributed by atoms with Gasteiger partial charge in [0.2, 0.25) is 5.95 Å². The first-order valence-electron chi connectivity index (χ1n) is 8.23. The normalized spacial score (nSPS) is 17.9. The minimum absolute atomic E-state index is 0.0221. The lowest BCUT2D eigenvalue weighted by molar-refractivity contribution is -0.141. The van der Waals surface area contributed by atoms with Crippen LogP contribution in [0.1, 0.15) is 31.2 Å². The molecule has 6 nitrogen and oxygen atoms in total. The third-order valence-electron chi connectivity index (χ3n) is 4.21. The molecule has 3 heterocycles. The number of aryl methyl sites for hydroxylation is 1. The average Bonchev–Trinajstić information content (AvgIpc) is 3.21. The summed E-state index contributed by atoms with van der Waals surface area (Å²) in [7, 11) is 0. The summed E-state index contributed by atoms with van der Waals surface area (Å²) in [5.41, 5.74) is 0.555. The molecule has 9 heteroatoms. The van der Waals surface area contributed by atoms with Crippen molar-refractivity contribution in [2.75, 3.05) is 18.5 Å². The first kappa shape index (κ1) is 17.7. The molecule has 0 radical (unpaired) electrons. The number of aromatic nitrogens is 4. The topological polar surface area (TPSA) is 64.9 Å². The Bertz CT molecular complexity index is 738. The molecule has 1 aliphatic heterocycles. The second kappa shape index (κ2) is 6.99. The van der Waals surface area contributed by atoms with E-state index in [1.165, 1.54) is 6.20 Å². The van der Waals surface area contributed by atoms with Gasteiger partial charge in [0.1, 0.15) is 0 Å². The van der Waals surface area contributed by atoms with Crippen LogP contribution in [0.5, 0.6) is 0 Å². The van der Waals surface area contributed by atoms with Crippen molar-refractivity contribution in [3.8, 4) is 11.3 Å². The van der Waals surface area contributed by atoms with E-state index in [1.807, 2.05) is 6.92 Å². The zero-order valence-electron chi connectivity index (χ0n) is 14.1. The van der Waals surface area contributed by atoms with Crippen molar-refractivity contribution in [3.05, 3.63) is 23.7 Å². The quantitative estimate of drug-likeness (QED) is 0.892. The third kappa shape index (κ3) is 3.92. The van der Waals surface area contributed by atoms with Gasteiger partial charge < -0.3 is 10.1 Å². The summed E-state index contributed by atoms with van der Waals surface area (Å²) in [4.78, 5) is 7.87. The molecule has 2 aromatic heterocycles. The maximum absolute atomic E-state index is 13.2. The summed E-state index contributed by atoms with van der Waals surface area (Å²) in [5.74, 6) is -0.0519. The molecule has 25 heavy (non-hydrogen) atoms. The molecule has 0 aromatic carbocycles. The van der Waals surface area contributed by atoms with Crippen molar-refractivity contribution in [1.29, 1.82) is 0 Å². The zero-order chi connectivity index (χ0) is 18.0. The highest BCUT2D eigenvalue weighted by Gasteiger charge is 2.34. The Morgan fingerprint density at radius 3 is 2.76 bits per heavy atom. The molecule has 1 saturated heterocycles. The maximum Gasteiger partial charge on any atom is 0.433 e. The van der Waals surface area contributed by atoms with Gasteiger partial charge in [-0.15, -0.1) is 0 Å². The third-order valence-corrected chi connectivity index (χ3v) is 4.21. The van der Waals surface area contributed by atoms with Crippen LogP contribution in [0.2, 0.25) is 0 Å². The lowest BCUT2D eigenvalue weighted by Gasteiger charge is -2.14. The highest BCUT2D eigenvalue weighted by atomic mass is 19.4.